The van der Waals surface area contributed by atoms with Gasteiger partial charge in [0.05, 0.1) is 5.70 Å². The third-order valence-corrected chi connectivity index (χ3v) is 6.22. The molecule has 0 spiro atoms. The summed E-state index contributed by atoms with van der Waals surface area (Å²) >= 11 is 0. The smallest absolute Gasteiger partial charge is 0.170 e. The molecule has 1 atom stereocenters. The number of fused-ring (bicyclic) bond motifs is 2. The Hall–Kier alpha value is -2.80. The first kappa shape index (κ1) is 20.1. The van der Waals surface area contributed by atoms with Crippen molar-refractivity contribution in [3.63, 3.8) is 0 Å². The van der Waals surface area contributed by atoms with Crippen LogP contribution < -0.4 is 10.2 Å². The second-order valence-corrected chi connectivity index (χ2v) is 8.53. The molecule has 0 bridgehead atoms. The fourth-order valence-electron chi connectivity index (χ4n) is 4.59. The zero-order valence-electron chi connectivity index (χ0n) is 17.9. The number of hydrogen-bond acceptors (Lipinski definition) is 6. The van der Waals surface area contributed by atoms with Gasteiger partial charge in [0.1, 0.15) is 12.7 Å². The molecule has 162 valence electrons. The SMILES string of the molecule is CC(=Cc1ccccc1)CN1CCN(CC2ONC3=C2COc2c(O)cccc23)CC1. The largest absolute Gasteiger partial charge is 0.504 e. The highest BCUT2D eigenvalue weighted by molar-refractivity contribution is 5.77. The van der Waals surface area contributed by atoms with Crippen molar-refractivity contribution in [1.29, 1.82) is 0 Å². The van der Waals surface area contributed by atoms with Gasteiger partial charge >= 0.3 is 0 Å². The molecular formula is C25H29N3O3. The Morgan fingerprint density at radius 2 is 1.84 bits per heavy atom. The molecule has 1 unspecified atom stereocenters. The lowest BCUT2D eigenvalue weighted by atomic mass is 10.00. The van der Waals surface area contributed by atoms with E-state index in [0.717, 1.165) is 56.1 Å². The predicted octanol–water partition coefficient (Wildman–Crippen LogP) is 3.12. The minimum absolute atomic E-state index is 0.0308. The Bertz CT molecular complexity index is 994. The van der Waals surface area contributed by atoms with Crippen LogP contribution in [-0.4, -0.2) is 66.9 Å². The number of phenols is 1. The van der Waals surface area contributed by atoms with Gasteiger partial charge in [-0.3, -0.25) is 20.1 Å². The van der Waals surface area contributed by atoms with Gasteiger partial charge < -0.3 is 9.84 Å². The lowest BCUT2D eigenvalue weighted by Gasteiger charge is -2.36. The van der Waals surface area contributed by atoms with E-state index in [4.69, 9.17) is 9.57 Å². The molecule has 5 rings (SSSR count). The summed E-state index contributed by atoms with van der Waals surface area (Å²) in [6, 6.07) is 15.9. The topological polar surface area (TPSA) is 57.2 Å². The van der Waals surface area contributed by atoms with Gasteiger partial charge in [-0.05, 0) is 24.6 Å². The summed E-state index contributed by atoms with van der Waals surface area (Å²) in [7, 11) is 0. The molecule has 6 heteroatoms. The van der Waals surface area contributed by atoms with Crippen LogP contribution in [-0.2, 0) is 4.84 Å². The Morgan fingerprint density at radius 1 is 1.06 bits per heavy atom. The van der Waals surface area contributed by atoms with Crippen molar-refractivity contribution in [2.75, 3.05) is 45.9 Å². The van der Waals surface area contributed by atoms with Crippen LogP contribution in [0.1, 0.15) is 18.1 Å². The van der Waals surface area contributed by atoms with Gasteiger partial charge in [0, 0.05) is 50.4 Å². The number of para-hydroxylation sites is 1. The van der Waals surface area contributed by atoms with Crippen molar-refractivity contribution < 1.29 is 14.7 Å². The molecule has 6 nitrogen and oxygen atoms in total. The minimum Gasteiger partial charge on any atom is -0.504 e. The highest BCUT2D eigenvalue weighted by atomic mass is 16.7. The first-order chi connectivity index (χ1) is 15.2. The van der Waals surface area contributed by atoms with Crippen LogP contribution in [0.2, 0.25) is 0 Å². The van der Waals surface area contributed by atoms with E-state index >= 15 is 0 Å². The summed E-state index contributed by atoms with van der Waals surface area (Å²) in [4.78, 5) is 10.9. The maximum Gasteiger partial charge on any atom is 0.170 e. The van der Waals surface area contributed by atoms with Gasteiger partial charge in [0.2, 0.25) is 0 Å². The van der Waals surface area contributed by atoms with Crippen molar-refractivity contribution in [3.8, 4) is 11.5 Å². The van der Waals surface area contributed by atoms with Gasteiger partial charge in [-0.1, -0.05) is 48.0 Å². The summed E-state index contributed by atoms with van der Waals surface area (Å²) in [5, 5.41) is 10.0. The molecule has 0 saturated carbocycles. The molecule has 0 aromatic heterocycles. The number of aromatic hydroxyl groups is 1. The minimum atomic E-state index is -0.0308. The van der Waals surface area contributed by atoms with Crippen molar-refractivity contribution >= 4 is 11.8 Å². The molecule has 2 aromatic rings. The molecule has 3 aliphatic rings. The van der Waals surface area contributed by atoms with Crippen LogP contribution in [0.15, 0.2) is 59.7 Å². The average Bonchev–Trinajstić information content (AvgIpc) is 3.19. The van der Waals surface area contributed by atoms with Crippen LogP contribution in [0.3, 0.4) is 0 Å². The molecule has 31 heavy (non-hydrogen) atoms. The molecule has 3 heterocycles. The van der Waals surface area contributed by atoms with Crippen LogP contribution >= 0.6 is 0 Å². The maximum absolute atomic E-state index is 10.0. The van der Waals surface area contributed by atoms with E-state index in [0.29, 0.717) is 12.4 Å². The third kappa shape index (κ3) is 4.32. The third-order valence-electron chi connectivity index (χ3n) is 6.22. The molecule has 0 aliphatic carbocycles. The first-order valence-electron chi connectivity index (χ1n) is 10.9. The van der Waals surface area contributed by atoms with Crippen molar-refractivity contribution in [1.82, 2.24) is 15.3 Å². The lowest BCUT2D eigenvalue weighted by Crippen LogP contribution is -2.49. The van der Waals surface area contributed by atoms with Crippen molar-refractivity contribution in [2.45, 2.75) is 13.0 Å². The number of hydroxylamine groups is 1. The highest BCUT2D eigenvalue weighted by Crippen LogP contribution is 2.41. The van der Waals surface area contributed by atoms with Gasteiger partial charge in [-0.15, -0.1) is 0 Å². The maximum atomic E-state index is 10.0. The lowest BCUT2D eigenvalue weighted by molar-refractivity contribution is 0.0117. The first-order valence-corrected chi connectivity index (χ1v) is 10.9. The normalized spacial score (nSPS) is 22.0. The number of piperazine rings is 1. The summed E-state index contributed by atoms with van der Waals surface area (Å²) < 4.78 is 5.84. The molecule has 1 fully saturated rings. The molecule has 0 amide bonds. The van der Waals surface area contributed by atoms with Gasteiger partial charge in [-0.2, -0.15) is 0 Å². The van der Waals surface area contributed by atoms with Gasteiger partial charge in [-0.25, -0.2) is 0 Å². The quantitative estimate of drug-likeness (QED) is 0.777. The number of phenolic OH excluding ortho intramolecular Hbond substituents is 1. The predicted molar refractivity (Wildman–Crippen MR) is 122 cm³/mol. The van der Waals surface area contributed by atoms with Crippen LogP contribution in [0.4, 0.5) is 0 Å². The Kier molecular flexibility index (Phi) is 5.68. The molecule has 1 saturated heterocycles. The Morgan fingerprint density at radius 3 is 2.65 bits per heavy atom. The van der Waals surface area contributed by atoms with Gasteiger partial charge in [0.25, 0.3) is 0 Å². The molecule has 2 N–H and O–H groups in total. The van der Waals surface area contributed by atoms with E-state index in [-0.39, 0.29) is 11.9 Å². The Labute approximate surface area is 183 Å². The molecular weight excluding hydrogens is 390 g/mol. The second kappa shape index (κ2) is 8.75. The zero-order chi connectivity index (χ0) is 21.2. The van der Waals surface area contributed by atoms with Crippen molar-refractivity contribution in [2.24, 2.45) is 0 Å². The molecule has 0 radical (unpaired) electrons. The summed E-state index contributed by atoms with van der Waals surface area (Å²) in [6.45, 7) is 8.67. The van der Waals surface area contributed by atoms with E-state index in [2.05, 4.69) is 58.6 Å². The average molecular weight is 420 g/mol. The van der Waals surface area contributed by atoms with E-state index in [9.17, 15) is 5.11 Å². The summed E-state index contributed by atoms with van der Waals surface area (Å²) in [5.41, 5.74) is 8.68. The molecule has 2 aromatic carbocycles. The Balaban J connectivity index is 1.16. The number of rotatable bonds is 5. The van der Waals surface area contributed by atoms with E-state index in [1.54, 1.807) is 6.07 Å². The van der Waals surface area contributed by atoms with E-state index in [1.165, 1.54) is 11.1 Å². The summed E-state index contributed by atoms with van der Waals surface area (Å²) in [6.07, 6.45) is 2.24. The standard InChI is InChI=1S/C25H29N3O3/c1-18(14-19-6-3-2-4-7-19)15-27-10-12-28(13-11-27)16-23-21-17-30-25-20(24(21)26-31-23)8-5-9-22(25)29/h2-9,14,23,26,29H,10-13,15-17H2,1H3. The second-order valence-electron chi connectivity index (χ2n) is 8.53. The number of nitrogens with zero attached hydrogens (tertiary/aromatic N) is 2. The van der Waals surface area contributed by atoms with Gasteiger partial charge in [0.15, 0.2) is 11.5 Å². The zero-order valence-corrected chi connectivity index (χ0v) is 17.9. The summed E-state index contributed by atoms with van der Waals surface area (Å²) in [5.74, 6) is 0.701. The van der Waals surface area contributed by atoms with E-state index < -0.39 is 0 Å². The number of nitrogens with one attached hydrogen (secondary N) is 1. The molecule has 3 aliphatic heterocycles. The van der Waals surface area contributed by atoms with Crippen LogP contribution in [0.5, 0.6) is 11.5 Å². The monoisotopic (exact) mass is 419 g/mol. The fraction of sp³-hybridized carbons (Fsp3) is 0.360. The van der Waals surface area contributed by atoms with Crippen LogP contribution in [0.25, 0.3) is 11.8 Å². The van der Waals surface area contributed by atoms with Crippen LogP contribution in [0, 0.1) is 0 Å². The van der Waals surface area contributed by atoms with Crippen molar-refractivity contribution in [3.05, 3.63) is 70.8 Å². The van der Waals surface area contributed by atoms with E-state index in [1.807, 2.05) is 12.1 Å². The number of benzene rings is 2. The fourth-order valence-corrected chi connectivity index (χ4v) is 4.59. The highest BCUT2D eigenvalue weighted by Gasteiger charge is 2.35. The number of ether oxygens (including phenoxy) is 1. The number of hydrogen-bond donors (Lipinski definition) is 2.